The smallest absolute Gasteiger partial charge is 0.211 e. The van der Waals surface area contributed by atoms with Crippen LogP contribution in [-0.4, -0.2) is 44.7 Å². The Labute approximate surface area is 177 Å². The predicted molar refractivity (Wildman–Crippen MR) is 119 cm³/mol. The highest BCUT2D eigenvalue weighted by atomic mass is 32.2. The Balaban J connectivity index is 1.61. The lowest BCUT2D eigenvalue weighted by Gasteiger charge is -2.36. The maximum atomic E-state index is 12.5. The normalized spacial score (nSPS) is 17.1. The van der Waals surface area contributed by atoms with Gasteiger partial charge in [0.2, 0.25) is 10.0 Å². The molecule has 0 radical (unpaired) electrons. The molecule has 160 valence electrons. The molecule has 2 heterocycles. The van der Waals surface area contributed by atoms with Crippen LogP contribution in [0.5, 0.6) is 11.5 Å². The lowest BCUT2D eigenvalue weighted by atomic mass is 9.90. The second-order valence-electron chi connectivity index (χ2n) is 7.80. The van der Waals surface area contributed by atoms with Crippen LogP contribution in [0.4, 0.5) is 0 Å². The fourth-order valence-electron chi connectivity index (χ4n) is 4.53. The van der Waals surface area contributed by atoms with E-state index >= 15 is 0 Å². The van der Waals surface area contributed by atoms with Gasteiger partial charge in [-0.1, -0.05) is 18.2 Å². The van der Waals surface area contributed by atoms with Crippen LogP contribution < -0.4 is 9.47 Å². The first-order chi connectivity index (χ1) is 14.4. The molecule has 0 saturated carbocycles. The van der Waals surface area contributed by atoms with Crippen LogP contribution in [0.2, 0.25) is 0 Å². The third-order valence-electron chi connectivity index (χ3n) is 5.98. The van der Waals surface area contributed by atoms with Gasteiger partial charge in [-0.2, -0.15) is 4.31 Å². The van der Waals surface area contributed by atoms with Gasteiger partial charge in [-0.05, 0) is 60.6 Å². The van der Waals surface area contributed by atoms with Crippen molar-refractivity contribution in [1.82, 2.24) is 9.29 Å². The van der Waals surface area contributed by atoms with Crippen molar-refractivity contribution in [3.8, 4) is 11.5 Å². The predicted octanol–water partition coefficient (Wildman–Crippen LogP) is 4.07. The molecule has 1 N–H and O–H groups in total. The first-order valence-corrected chi connectivity index (χ1v) is 12.0. The van der Waals surface area contributed by atoms with Gasteiger partial charge < -0.3 is 14.5 Å². The van der Waals surface area contributed by atoms with E-state index in [0.717, 1.165) is 35.9 Å². The molecule has 7 heteroatoms. The Morgan fingerprint density at radius 3 is 2.60 bits per heavy atom. The van der Waals surface area contributed by atoms with Crippen LogP contribution in [0.3, 0.4) is 0 Å². The summed E-state index contributed by atoms with van der Waals surface area (Å²) >= 11 is 0. The van der Waals surface area contributed by atoms with Crippen molar-refractivity contribution in [1.29, 1.82) is 0 Å². The number of ether oxygens (including phenoxy) is 2. The number of methoxy groups -OCH3 is 2. The third-order valence-corrected chi connectivity index (χ3v) is 7.27. The molecule has 1 atom stereocenters. The van der Waals surface area contributed by atoms with Crippen LogP contribution in [-0.2, 0) is 22.9 Å². The van der Waals surface area contributed by atoms with Gasteiger partial charge in [-0.25, -0.2) is 8.42 Å². The van der Waals surface area contributed by atoms with Crippen molar-refractivity contribution in [2.75, 3.05) is 27.0 Å². The molecule has 0 spiro atoms. The maximum absolute atomic E-state index is 12.5. The monoisotopic (exact) mass is 428 g/mol. The Morgan fingerprint density at radius 1 is 1.13 bits per heavy atom. The Kier molecular flexibility index (Phi) is 5.75. The number of aromatic nitrogens is 1. The molecule has 1 aliphatic rings. The van der Waals surface area contributed by atoms with Crippen LogP contribution in [0, 0.1) is 0 Å². The molecule has 0 fully saturated rings. The molecule has 4 rings (SSSR count). The van der Waals surface area contributed by atoms with Gasteiger partial charge in [0.1, 0.15) is 0 Å². The number of para-hydroxylation sites is 1. The number of sulfonamides is 1. The van der Waals surface area contributed by atoms with E-state index in [9.17, 15) is 8.42 Å². The molecule has 0 bridgehead atoms. The van der Waals surface area contributed by atoms with Crippen molar-refractivity contribution >= 4 is 20.9 Å². The summed E-state index contributed by atoms with van der Waals surface area (Å²) in [5.41, 5.74) is 4.54. The molecular formula is C23H28N2O4S. The minimum absolute atomic E-state index is 0.200. The quantitative estimate of drug-likeness (QED) is 0.616. The second kappa shape index (κ2) is 8.32. The van der Waals surface area contributed by atoms with Gasteiger partial charge in [0.15, 0.2) is 11.5 Å². The van der Waals surface area contributed by atoms with E-state index in [-0.39, 0.29) is 6.04 Å². The first-order valence-electron chi connectivity index (χ1n) is 10.2. The summed E-state index contributed by atoms with van der Waals surface area (Å²) in [6.07, 6.45) is 6.54. The number of aromatic amines is 1. The topological polar surface area (TPSA) is 71.6 Å². The van der Waals surface area contributed by atoms with Crippen molar-refractivity contribution in [2.24, 2.45) is 0 Å². The number of nitrogens with one attached hydrogen (secondary N) is 1. The summed E-state index contributed by atoms with van der Waals surface area (Å²) in [6, 6.07) is 12.0. The summed E-state index contributed by atoms with van der Waals surface area (Å²) in [7, 11) is -0.0926. The average Bonchev–Trinajstić information content (AvgIpc) is 3.15. The van der Waals surface area contributed by atoms with E-state index in [4.69, 9.17) is 9.47 Å². The number of hydrogen-bond donors (Lipinski definition) is 1. The molecule has 30 heavy (non-hydrogen) atoms. The van der Waals surface area contributed by atoms with E-state index in [2.05, 4.69) is 23.3 Å². The van der Waals surface area contributed by atoms with Gasteiger partial charge in [0.25, 0.3) is 0 Å². The second-order valence-corrected chi connectivity index (χ2v) is 9.73. The van der Waals surface area contributed by atoms with E-state index in [1.165, 1.54) is 17.2 Å². The highest BCUT2D eigenvalue weighted by molar-refractivity contribution is 7.88. The molecule has 3 aromatic rings. The number of H-pyrrole nitrogens is 1. The Morgan fingerprint density at radius 2 is 1.87 bits per heavy atom. The lowest BCUT2D eigenvalue weighted by Crippen LogP contribution is -2.39. The number of aryl methyl sites for hydroxylation is 1. The van der Waals surface area contributed by atoms with Crippen LogP contribution in [0.15, 0.2) is 42.6 Å². The van der Waals surface area contributed by atoms with Gasteiger partial charge in [0.05, 0.1) is 26.5 Å². The number of nitrogens with zero attached hydrogens (tertiary/aromatic N) is 1. The van der Waals surface area contributed by atoms with E-state index in [1.54, 1.807) is 18.5 Å². The summed E-state index contributed by atoms with van der Waals surface area (Å²) in [6.45, 7) is 0.485. The molecule has 0 amide bonds. The minimum Gasteiger partial charge on any atom is -0.493 e. The highest BCUT2D eigenvalue weighted by Gasteiger charge is 2.33. The number of hydrogen-bond acceptors (Lipinski definition) is 4. The molecule has 0 saturated heterocycles. The van der Waals surface area contributed by atoms with Gasteiger partial charge in [-0.3, -0.25) is 0 Å². The largest absolute Gasteiger partial charge is 0.493 e. The number of benzene rings is 2. The molecule has 0 aliphatic carbocycles. The average molecular weight is 429 g/mol. The molecule has 0 unspecified atom stereocenters. The maximum Gasteiger partial charge on any atom is 0.211 e. The molecule has 1 aromatic heterocycles. The highest BCUT2D eigenvalue weighted by Crippen LogP contribution is 2.41. The van der Waals surface area contributed by atoms with Crippen LogP contribution in [0.25, 0.3) is 10.9 Å². The fraction of sp³-hybridized carbons (Fsp3) is 0.391. The Bertz CT molecular complexity index is 1150. The zero-order chi connectivity index (χ0) is 21.3. The molecular weight excluding hydrogens is 400 g/mol. The molecule has 1 aliphatic heterocycles. The number of rotatable bonds is 7. The van der Waals surface area contributed by atoms with Crippen molar-refractivity contribution < 1.29 is 17.9 Å². The zero-order valence-electron chi connectivity index (χ0n) is 17.6. The first kappa shape index (κ1) is 20.8. The SMILES string of the molecule is COc1cc2c(cc1OC)[C@H](CCCc1c[nH]c3ccccc13)N(S(C)(=O)=O)CC2. The third kappa shape index (κ3) is 3.91. The lowest BCUT2D eigenvalue weighted by molar-refractivity contribution is 0.287. The summed E-state index contributed by atoms with van der Waals surface area (Å²) < 4.78 is 37.6. The van der Waals surface area contributed by atoms with Crippen molar-refractivity contribution in [2.45, 2.75) is 31.7 Å². The van der Waals surface area contributed by atoms with Crippen LogP contribution >= 0.6 is 0 Å². The molecule has 6 nitrogen and oxygen atoms in total. The number of fused-ring (bicyclic) bond motifs is 2. The standard InChI is InChI=1S/C23H28N2O4S/c1-28-22-13-16-11-12-25(30(3,26)27)21(19(16)14-23(22)29-2)10-6-7-17-15-24-20-9-5-4-8-18(17)20/h4-5,8-9,13-15,21,24H,6-7,10-12H2,1-3H3/t21-/m0/s1. The van der Waals surface area contributed by atoms with Gasteiger partial charge >= 0.3 is 0 Å². The van der Waals surface area contributed by atoms with Gasteiger partial charge in [0, 0.05) is 23.6 Å². The van der Waals surface area contributed by atoms with E-state index in [0.29, 0.717) is 24.5 Å². The van der Waals surface area contributed by atoms with Gasteiger partial charge in [-0.15, -0.1) is 0 Å². The van der Waals surface area contributed by atoms with Crippen LogP contribution in [0.1, 0.15) is 35.6 Å². The van der Waals surface area contributed by atoms with Crippen molar-refractivity contribution in [3.05, 3.63) is 59.3 Å². The Hall–Kier alpha value is -2.51. The summed E-state index contributed by atoms with van der Waals surface area (Å²) in [5, 5.41) is 1.23. The minimum atomic E-state index is -3.32. The van der Waals surface area contributed by atoms with Crippen molar-refractivity contribution in [3.63, 3.8) is 0 Å². The van der Waals surface area contributed by atoms with E-state index < -0.39 is 10.0 Å². The fourth-order valence-corrected chi connectivity index (χ4v) is 5.63. The zero-order valence-corrected chi connectivity index (χ0v) is 18.5. The molecule has 2 aromatic carbocycles. The summed E-state index contributed by atoms with van der Waals surface area (Å²) in [4.78, 5) is 3.32. The summed E-state index contributed by atoms with van der Waals surface area (Å²) in [5.74, 6) is 1.31. The van der Waals surface area contributed by atoms with E-state index in [1.807, 2.05) is 24.3 Å².